The van der Waals surface area contributed by atoms with Gasteiger partial charge in [-0.05, 0) is 35.0 Å². The fraction of sp³-hybridized carbons (Fsp3) is 0.250. The standard InChI is InChI=1S/C20H19N3O4S2/c24-17(22-8-10-23(11-9-22)19(25)16-4-3-12-28-16)14-27-20(26)18-15(5-13-29-18)21-6-1-2-7-21/h1-7,12-13H,8-11,14H2. The minimum atomic E-state index is -0.511. The minimum Gasteiger partial charge on any atom is -0.451 e. The highest BCUT2D eigenvalue weighted by Crippen LogP contribution is 2.22. The van der Waals surface area contributed by atoms with Crippen molar-refractivity contribution in [2.45, 2.75) is 0 Å². The fourth-order valence-electron chi connectivity index (χ4n) is 3.15. The van der Waals surface area contributed by atoms with Crippen molar-refractivity contribution >= 4 is 40.5 Å². The van der Waals surface area contributed by atoms with Crippen LogP contribution >= 0.6 is 22.7 Å². The van der Waals surface area contributed by atoms with Crippen LogP contribution in [0.1, 0.15) is 19.3 Å². The first-order valence-electron chi connectivity index (χ1n) is 9.12. The normalized spacial score (nSPS) is 14.1. The average molecular weight is 430 g/mol. The molecule has 1 aliphatic rings. The van der Waals surface area contributed by atoms with E-state index in [4.69, 9.17) is 4.74 Å². The summed E-state index contributed by atoms with van der Waals surface area (Å²) in [6, 6.07) is 9.24. The van der Waals surface area contributed by atoms with Gasteiger partial charge in [-0.2, -0.15) is 0 Å². The number of amides is 2. The summed E-state index contributed by atoms with van der Waals surface area (Å²) < 4.78 is 7.09. The molecular formula is C20H19N3O4S2. The molecule has 0 spiro atoms. The zero-order valence-corrected chi connectivity index (χ0v) is 17.2. The Kier molecular flexibility index (Phi) is 5.77. The lowest BCUT2D eigenvalue weighted by Gasteiger charge is -2.34. The van der Waals surface area contributed by atoms with E-state index in [-0.39, 0.29) is 18.4 Å². The lowest BCUT2D eigenvalue weighted by Crippen LogP contribution is -2.51. The highest BCUT2D eigenvalue weighted by molar-refractivity contribution is 7.12. The third kappa shape index (κ3) is 4.25. The number of hydrogen-bond acceptors (Lipinski definition) is 6. The minimum absolute atomic E-state index is 0.00577. The quantitative estimate of drug-likeness (QED) is 0.585. The molecule has 0 bridgehead atoms. The predicted octanol–water partition coefficient (Wildman–Crippen LogP) is 2.74. The Bertz CT molecular complexity index is 987. The van der Waals surface area contributed by atoms with Crippen molar-refractivity contribution in [2.75, 3.05) is 32.8 Å². The monoisotopic (exact) mass is 429 g/mol. The molecule has 4 rings (SSSR count). The van der Waals surface area contributed by atoms with Gasteiger partial charge in [0.2, 0.25) is 0 Å². The molecule has 2 amide bonds. The Morgan fingerprint density at radius 1 is 0.897 bits per heavy atom. The van der Waals surface area contributed by atoms with Gasteiger partial charge in [-0.15, -0.1) is 22.7 Å². The average Bonchev–Trinajstić information content (AvgIpc) is 3.51. The molecule has 3 aromatic rings. The third-order valence-electron chi connectivity index (χ3n) is 4.69. The Morgan fingerprint density at radius 2 is 1.62 bits per heavy atom. The Hall–Kier alpha value is -2.91. The Morgan fingerprint density at radius 3 is 2.31 bits per heavy atom. The molecule has 1 aliphatic heterocycles. The van der Waals surface area contributed by atoms with E-state index in [9.17, 15) is 14.4 Å². The molecule has 29 heavy (non-hydrogen) atoms. The van der Waals surface area contributed by atoms with Crippen LogP contribution in [0, 0.1) is 0 Å². The summed E-state index contributed by atoms with van der Waals surface area (Å²) in [5.74, 6) is -0.766. The lowest BCUT2D eigenvalue weighted by molar-refractivity contribution is -0.136. The van der Waals surface area contributed by atoms with Crippen LogP contribution in [0.2, 0.25) is 0 Å². The molecule has 0 radical (unpaired) electrons. The van der Waals surface area contributed by atoms with Crippen molar-refractivity contribution in [1.82, 2.24) is 14.4 Å². The molecule has 0 atom stereocenters. The van der Waals surface area contributed by atoms with E-state index >= 15 is 0 Å². The number of ether oxygens (including phenoxy) is 1. The maximum Gasteiger partial charge on any atom is 0.350 e. The van der Waals surface area contributed by atoms with Gasteiger partial charge in [0.1, 0.15) is 4.88 Å². The van der Waals surface area contributed by atoms with Crippen molar-refractivity contribution in [1.29, 1.82) is 0 Å². The van der Waals surface area contributed by atoms with Crippen molar-refractivity contribution in [3.8, 4) is 5.69 Å². The largest absolute Gasteiger partial charge is 0.451 e. The molecule has 0 unspecified atom stereocenters. The van der Waals surface area contributed by atoms with Crippen LogP contribution in [0.25, 0.3) is 5.69 Å². The van der Waals surface area contributed by atoms with E-state index in [2.05, 4.69) is 0 Å². The van der Waals surface area contributed by atoms with Crippen molar-refractivity contribution < 1.29 is 19.1 Å². The lowest BCUT2D eigenvalue weighted by atomic mass is 10.3. The van der Waals surface area contributed by atoms with Gasteiger partial charge in [0.15, 0.2) is 6.61 Å². The summed E-state index contributed by atoms with van der Waals surface area (Å²) in [5, 5.41) is 3.69. The summed E-state index contributed by atoms with van der Waals surface area (Å²) in [6.07, 6.45) is 3.70. The van der Waals surface area contributed by atoms with Crippen LogP contribution in [0.5, 0.6) is 0 Å². The van der Waals surface area contributed by atoms with E-state index in [0.29, 0.717) is 35.9 Å². The van der Waals surface area contributed by atoms with Gasteiger partial charge in [-0.1, -0.05) is 6.07 Å². The van der Waals surface area contributed by atoms with Gasteiger partial charge in [0.25, 0.3) is 11.8 Å². The van der Waals surface area contributed by atoms with E-state index in [1.54, 1.807) is 15.9 Å². The van der Waals surface area contributed by atoms with Crippen molar-refractivity contribution in [3.05, 3.63) is 63.2 Å². The Balaban J connectivity index is 1.28. The molecule has 0 aromatic carbocycles. The number of carbonyl (C=O) groups excluding carboxylic acids is 3. The maximum atomic E-state index is 12.4. The third-order valence-corrected chi connectivity index (χ3v) is 6.43. The number of hydrogen-bond donors (Lipinski definition) is 0. The molecule has 7 nitrogen and oxygen atoms in total. The second-order valence-electron chi connectivity index (χ2n) is 6.45. The van der Waals surface area contributed by atoms with Gasteiger partial charge >= 0.3 is 5.97 Å². The molecule has 1 saturated heterocycles. The first kappa shape index (κ1) is 19.4. The van der Waals surface area contributed by atoms with Crippen LogP contribution in [0.3, 0.4) is 0 Å². The number of nitrogens with zero attached hydrogens (tertiary/aromatic N) is 3. The number of aromatic nitrogens is 1. The van der Waals surface area contributed by atoms with Crippen LogP contribution < -0.4 is 0 Å². The van der Waals surface area contributed by atoms with Crippen LogP contribution in [0.15, 0.2) is 53.5 Å². The number of piperazine rings is 1. The molecule has 0 N–H and O–H groups in total. The molecule has 4 heterocycles. The molecule has 150 valence electrons. The summed E-state index contributed by atoms with van der Waals surface area (Å²) in [4.78, 5) is 41.8. The Labute approximate surface area is 175 Å². The van der Waals surface area contributed by atoms with Gasteiger partial charge in [-0.3, -0.25) is 9.59 Å². The van der Waals surface area contributed by atoms with E-state index < -0.39 is 5.97 Å². The van der Waals surface area contributed by atoms with Gasteiger partial charge in [-0.25, -0.2) is 4.79 Å². The number of rotatable bonds is 5. The summed E-state index contributed by atoms with van der Waals surface area (Å²) >= 11 is 2.69. The van der Waals surface area contributed by atoms with Crippen molar-refractivity contribution in [2.24, 2.45) is 0 Å². The molecule has 3 aromatic heterocycles. The first-order chi connectivity index (χ1) is 14.1. The topological polar surface area (TPSA) is 71.9 Å². The van der Waals surface area contributed by atoms with E-state index in [1.165, 1.54) is 22.7 Å². The zero-order valence-electron chi connectivity index (χ0n) is 15.5. The summed E-state index contributed by atoms with van der Waals surface area (Å²) in [6.45, 7) is 1.50. The summed E-state index contributed by atoms with van der Waals surface area (Å²) in [7, 11) is 0. The second kappa shape index (κ2) is 8.62. The fourth-order valence-corrected chi connectivity index (χ4v) is 4.63. The SMILES string of the molecule is O=C(OCC(=O)N1CCN(C(=O)c2cccs2)CC1)c1sccc1-n1cccc1. The van der Waals surface area contributed by atoms with Gasteiger partial charge < -0.3 is 19.1 Å². The zero-order chi connectivity index (χ0) is 20.2. The second-order valence-corrected chi connectivity index (χ2v) is 8.32. The highest BCUT2D eigenvalue weighted by atomic mass is 32.1. The predicted molar refractivity (Wildman–Crippen MR) is 111 cm³/mol. The van der Waals surface area contributed by atoms with Crippen molar-refractivity contribution in [3.63, 3.8) is 0 Å². The van der Waals surface area contributed by atoms with Crippen LogP contribution in [-0.4, -0.2) is 64.9 Å². The van der Waals surface area contributed by atoms with Crippen LogP contribution in [0.4, 0.5) is 0 Å². The number of carbonyl (C=O) groups is 3. The number of thiophene rings is 2. The molecule has 0 aliphatic carbocycles. The smallest absolute Gasteiger partial charge is 0.350 e. The van der Waals surface area contributed by atoms with E-state index in [0.717, 1.165) is 5.69 Å². The van der Waals surface area contributed by atoms with Crippen LogP contribution in [-0.2, 0) is 9.53 Å². The molecular weight excluding hydrogens is 410 g/mol. The summed E-state index contributed by atoms with van der Waals surface area (Å²) in [5.41, 5.74) is 0.734. The highest BCUT2D eigenvalue weighted by Gasteiger charge is 2.26. The first-order valence-corrected chi connectivity index (χ1v) is 10.9. The van der Waals surface area contributed by atoms with Gasteiger partial charge in [0, 0.05) is 38.6 Å². The van der Waals surface area contributed by atoms with E-state index in [1.807, 2.05) is 52.0 Å². The van der Waals surface area contributed by atoms with Gasteiger partial charge in [0.05, 0.1) is 10.6 Å². The molecule has 9 heteroatoms. The molecule has 1 fully saturated rings. The number of esters is 1. The maximum absolute atomic E-state index is 12.4. The molecule has 0 saturated carbocycles.